The molecule has 1 amide bonds. The molecule has 0 atom stereocenters. The first-order valence-corrected chi connectivity index (χ1v) is 8.81. The third-order valence-electron chi connectivity index (χ3n) is 4.06. The van der Waals surface area contributed by atoms with Crippen LogP contribution < -0.4 is 10.1 Å². The maximum absolute atomic E-state index is 12.3. The van der Waals surface area contributed by atoms with Crippen molar-refractivity contribution in [3.05, 3.63) is 65.6 Å². The molecule has 0 aliphatic rings. The number of halogens is 1. The predicted octanol–water partition coefficient (Wildman–Crippen LogP) is 4.13. The highest BCUT2D eigenvalue weighted by molar-refractivity contribution is 6.31. The third kappa shape index (κ3) is 3.79. The summed E-state index contributed by atoms with van der Waals surface area (Å²) >= 11 is 5.98. The van der Waals surface area contributed by atoms with Gasteiger partial charge in [-0.25, -0.2) is 0 Å². The molecule has 2 aromatic carbocycles. The lowest BCUT2D eigenvalue weighted by molar-refractivity contribution is -0.115. The summed E-state index contributed by atoms with van der Waals surface area (Å²) in [5.74, 6) is 0.737. The maximum Gasteiger partial charge on any atom is 0.247 e. The molecule has 28 heavy (non-hydrogen) atoms. The molecule has 0 bridgehead atoms. The van der Waals surface area contributed by atoms with E-state index >= 15 is 0 Å². The second kappa shape index (κ2) is 7.66. The summed E-state index contributed by atoms with van der Waals surface area (Å²) < 4.78 is 10.9. The Bertz CT molecular complexity index is 1160. The number of benzene rings is 2. The van der Waals surface area contributed by atoms with Gasteiger partial charge >= 0.3 is 0 Å². The molecule has 2 heterocycles. The van der Waals surface area contributed by atoms with Gasteiger partial charge in [0, 0.05) is 22.2 Å². The summed E-state index contributed by atoms with van der Waals surface area (Å²) in [6.07, 6.45) is 1.66. The van der Waals surface area contributed by atoms with Crippen molar-refractivity contribution in [2.24, 2.45) is 0 Å². The van der Waals surface area contributed by atoms with E-state index in [1.165, 1.54) is 7.11 Å². The summed E-state index contributed by atoms with van der Waals surface area (Å²) in [6, 6.07) is 14.4. The number of rotatable bonds is 5. The Morgan fingerprint density at radius 3 is 2.93 bits per heavy atom. The SMILES string of the molecule is COc1ccc(Cl)cc1NC(=O)Cc1nnc(-c2ccc3ncccc3c2)o1. The van der Waals surface area contributed by atoms with Crippen LogP contribution in [0.4, 0.5) is 5.69 Å². The van der Waals surface area contributed by atoms with E-state index in [0.717, 1.165) is 16.5 Å². The highest BCUT2D eigenvalue weighted by atomic mass is 35.5. The van der Waals surface area contributed by atoms with Crippen molar-refractivity contribution in [3.63, 3.8) is 0 Å². The molecular formula is C20H15ClN4O3. The van der Waals surface area contributed by atoms with Crippen molar-refractivity contribution >= 4 is 34.1 Å². The number of carbonyl (C=O) groups is 1. The van der Waals surface area contributed by atoms with E-state index in [1.807, 2.05) is 30.3 Å². The smallest absolute Gasteiger partial charge is 0.247 e. The molecule has 0 saturated carbocycles. The van der Waals surface area contributed by atoms with Crippen LogP contribution in [0.2, 0.25) is 5.02 Å². The number of amides is 1. The number of pyridine rings is 1. The summed E-state index contributed by atoms with van der Waals surface area (Å²) in [7, 11) is 1.52. The number of nitrogens with one attached hydrogen (secondary N) is 1. The number of carbonyl (C=O) groups excluding carboxylic acids is 1. The van der Waals surface area contributed by atoms with E-state index in [9.17, 15) is 4.79 Å². The van der Waals surface area contributed by atoms with Gasteiger partial charge in [0.2, 0.25) is 17.7 Å². The van der Waals surface area contributed by atoms with Crippen LogP contribution in [0.25, 0.3) is 22.4 Å². The van der Waals surface area contributed by atoms with Gasteiger partial charge in [0.25, 0.3) is 0 Å². The Hall–Kier alpha value is -3.45. The number of hydrogen-bond acceptors (Lipinski definition) is 6. The molecular weight excluding hydrogens is 380 g/mol. The Balaban J connectivity index is 1.50. The van der Waals surface area contributed by atoms with Gasteiger partial charge in [-0.3, -0.25) is 9.78 Å². The minimum absolute atomic E-state index is 0.0716. The Morgan fingerprint density at radius 2 is 2.07 bits per heavy atom. The van der Waals surface area contributed by atoms with E-state index in [4.69, 9.17) is 20.8 Å². The molecule has 0 aliphatic heterocycles. The second-order valence-electron chi connectivity index (χ2n) is 5.98. The quantitative estimate of drug-likeness (QED) is 0.547. The van der Waals surface area contributed by atoms with Crippen LogP contribution in [0.1, 0.15) is 5.89 Å². The fourth-order valence-corrected chi connectivity index (χ4v) is 2.93. The lowest BCUT2D eigenvalue weighted by Gasteiger charge is -2.09. The van der Waals surface area contributed by atoms with Gasteiger partial charge in [-0.2, -0.15) is 0 Å². The van der Waals surface area contributed by atoms with Gasteiger partial charge in [-0.1, -0.05) is 17.7 Å². The van der Waals surface area contributed by atoms with E-state index in [-0.39, 0.29) is 18.2 Å². The van der Waals surface area contributed by atoms with E-state index in [1.54, 1.807) is 24.4 Å². The number of nitrogens with zero attached hydrogens (tertiary/aromatic N) is 3. The van der Waals surface area contributed by atoms with Crippen molar-refractivity contribution in [1.82, 2.24) is 15.2 Å². The topological polar surface area (TPSA) is 90.1 Å². The van der Waals surface area contributed by atoms with Gasteiger partial charge in [0.1, 0.15) is 12.2 Å². The molecule has 0 unspecified atom stereocenters. The van der Waals surface area contributed by atoms with Gasteiger partial charge in [0.05, 0.1) is 18.3 Å². The maximum atomic E-state index is 12.3. The number of fused-ring (bicyclic) bond motifs is 1. The normalized spacial score (nSPS) is 10.8. The minimum Gasteiger partial charge on any atom is -0.495 e. The lowest BCUT2D eigenvalue weighted by atomic mass is 10.1. The molecule has 7 nitrogen and oxygen atoms in total. The van der Waals surface area contributed by atoms with Crippen LogP contribution in [-0.2, 0) is 11.2 Å². The number of ether oxygens (including phenoxy) is 1. The first-order chi connectivity index (χ1) is 13.6. The van der Waals surface area contributed by atoms with Crippen molar-refractivity contribution in [1.29, 1.82) is 0 Å². The third-order valence-corrected chi connectivity index (χ3v) is 4.30. The van der Waals surface area contributed by atoms with Crippen molar-refractivity contribution in [2.45, 2.75) is 6.42 Å². The second-order valence-corrected chi connectivity index (χ2v) is 6.42. The van der Waals surface area contributed by atoms with Crippen molar-refractivity contribution < 1.29 is 13.9 Å². The molecule has 4 rings (SSSR count). The van der Waals surface area contributed by atoms with Crippen LogP contribution in [-0.4, -0.2) is 28.2 Å². The zero-order chi connectivity index (χ0) is 19.5. The number of anilines is 1. The first kappa shape index (κ1) is 17.9. The first-order valence-electron chi connectivity index (χ1n) is 8.43. The molecule has 2 aromatic heterocycles. The van der Waals surface area contributed by atoms with Crippen LogP contribution >= 0.6 is 11.6 Å². The average molecular weight is 395 g/mol. The lowest BCUT2D eigenvalue weighted by Crippen LogP contribution is -2.15. The van der Waals surface area contributed by atoms with Gasteiger partial charge in [0.15, 0.2) is 0 Å². The average Bonchev–Trinajstić information content (AvgIpc) is 3.16. The molecule has 0 aliphatic carbocycles. The molecule has 1 N–H and O–H groups in total. The predicted molar refractivity (Wildman–Crippen MR) is 105 cm³/mol. The monoisotopic (exact) mass is 394 g/mol. The van der Waals surface area contributed by atoms with Crippen LogP contribution in [0.3, 0.4) is 0 Å². The Kier molecular flexibility index (Phi) is 4.90. The van der Waals surface area contributed by atoms with Crippen LogP contribution in [0.5, 0.6) is 5.75 Å². The Morgan fingerprint density at radius 1 is 1.18 bits per heavy atom. The zero-order valence-electron chi connectivity index (χ0n) is 14.8. The van der Waals surface area contributed by atoms with Gasteiger partial charge < -0.3 is 14.5 Å². The van der Waals surface area contributed by atoms with E-state index < -0.39 is 0 Å². The highest BCUT2D eigenvalue weighted by Crippen LogP contribution is 2.28. The largest absolute Gasteiger partial charge is 0.495 e. The fourth-order valence-electron chi connectivity index (χ4n) is 2.76. The van der Waals surface area contributed by atoms with E-state index in [2.05, 4.69) is 20.5 Å². The van der Waals surface area contributed by atoms with Crippen molar-refractivity contribution in [3.8, 4) is 17.2 Å². The summed E-state index contributed by atoms with van der Waals surface area (Å²) in [6.45, 7) is 0. The molecule has 0 fully saturated rings. The van der Waals surface area contributed by atoms with Crippen LogP contribution in [0.15, 0.2) is 59.1 Å². The van der Waals surface area contributed by atoms with Crippen LogP contribution in [0, 0.1) is 0 Å². The zero-order valence-corrected chi connectivity index (χ0v) is 15.6. The summed E-state index contributed by atoms with van der Waals surface area (Å²) in [4.78, 5) is 16.6. The fraction of sp³-hybridized carbons (Fsp3) is 0.100. The number of methoxy groups -OCH3 is 1. The number of hydrogen-bond donors (Lipinski definition) is 1. The minimum atomic E-state index is -0.321. The molecule has 140 valence electrons. The molecule has 0 radical (unpaired) electrons. The molecule has 0 spiro atoms. The molecule has 0 saturated heterocycles. The van der Waals surface area contributed by atoms with Gasteiger partial charge in [-0.05, 0) is 42.5 Å². The number of aromatic nitrogens is 3. The van der Waals surface area contributed by atoms with E-state index in [0.29, 0.717) is 22.4 Å². The highest BCUT2D eigenvalue weighted by Gasteiger charge is 2.15. The molecule has 4 aromatic rings. The van der Waals surface area contributed by atoms with Gasteiger partial charge in [-0.15, -0.1) is 10.2 Å². The summed E-state index contributed by atoms with van der Waals surface area (Å²) in [5.41, 5.74) is 2.11. The van der Waals surface area contributed by atoms with Crippen molar-refractivity contribution in [2.75, 3.05) is 12.4 Å². The Labute approximate surface area is 165 Å². The summed E-state index contributed by atoms with van der Waals surface area (Å²) in [5, 5.41) is 12.2. The molecule has 8 heteroatoms. The standard InChI is InChI=1S/C20H15ClN4O3/c1-27-17-7-5-14(21)10-16(17)23-18(26)11-19-24-25-20(28-19)13-4-6-15-12(9-13)3-2-8-22-15/h2-10H,11H2,1H3,(H,23,26).